The van der Waals surface area contributed by atoms with Crippen molar-refractivity contribution >= 4 is 34.8 Å². The van der Waals surface area contributed by atoms with E-state index in [1.807, 2.05) is 19.1 Å². The van der Waals surface area contributed by atoms with Crippen LogP contribution in [0.4, 0.5) is 0 Å². The van der Waals surface area contributed by atoms with E-state index in [-0.39, 0.29) is 5.91 Å². The van der Waals surface area contributed by atoms with Gasteiger partial charge in [-0.3, -0.25) is 4.79 Å². The molecule has 2 rings (SSSR count). The Bertz CT molecular complexity index is 774. The van der Waals surface area contributed by atoms with E-state index in [1.54, 1.807) is 18.2 Å². The van der Waals surface area contributed by atoms with Crippen molar-refractivity contribution in [2.45, 2.75) is 33.1 Å². The lowest BCUT2D eigenvalue weighted by atomic mass is 10.1. The number of hydrogen-bond donors (Lipinski definition) is 1. The molecule has 1 N–H and O–H groups in total. The van der Waals surface area contributed by atoms with Gasteiger partial charge in [-0.2, -0.15) is 5.10 Å². The van der Waals surface area contributed by atoms with Crippen LogP contribution in [0.5, 0.6) is 5.75 Å². The van der Waals surface area contributed by atoms with Crippen molar-refractivity contribution in [2.75, 3.05) is 6.61 Å². The van der Waals surface area contributed by atoms with Crippen molar-refractivity contribution in [1.82, 2.24) is 5.43 Å². The molecule has 0 unspecified atom stereocenters. The molecule has 1 amide bonds. The number of aryl methyl sites for hydroxylation is 1. The zero-order valence-corrected chi connectivity index (χ0v) is 16.4. The summed E-state index contributed by atoms with van der Waals surface area (Å²) in [4.78, 5) is 11.9. The van der Waals surface area contributed by atoms with Crippen molar-refractivity contribution in [3.05, 3.63) is 63.6 Å². The highest BCUT2D eigenvalue weighted by Gasteiger charge is 2.05. The number of amides is 1. The van der Waals surface area contributed by atoms with Crippen molar-refractivity contribution in [1.29, 1.82) is 0 Å². The lowest BCUT2D eigenvalue weighted by molar-refractivity contribution is -0.121. The summed E-state index contributed by atoms with van der Waals surface area (Å²) < 4.78 is 5.55. The third-order valence-corrected chi connectivity index (χ3v) is 4.36. The molecule has 0 saturated carbocycles. The number of carbonyl (C=O) groups excluding carboxylic acids is 1. The van der Waals surface area contributed by atoms with Gasteiger partial charge in [-0.15, -0.1) is 0 Å². The highest BCUT2D eigenvalue weighted by Crippen LogP contribution is 2.27. The predicted octanol–water partition coefficient (Wildman–Crippen LogP) is 5.26. The van der Waals surface area contributed by atoms with Gasteiger partial charge in [-0.1, -0.05) is 54.4 Å². The number of carbonyl (C=O) groups is 1. The number of ether oxygens (including phenoxy) is 1. The fourth-order valence-electron chi connectivity index (χ4n) is 2.26. The van der Waals surface area contributed by atoms with Crippen LogP contribution in [0.1, 0.15) is 37.8 Å². The molecule has 0 spiro atoms. The minimum absolute atomic E-state index is 0.152. The second-order valence-electron chi connectivity index (χ2n) is 5.81. The maximum absolute atomic E-state index is 11.9. The third kappa shape index (κ3) is 6.36. The molecule has 26 heavy (non-hydrogen) atoms. The van der Waals surface area contributed by atoms with E-state index in [4.69, 9.17) is 27.9 Å². The molecule has 2 aromatic rings. The first-order valence-electron chi connectivity index (χ1n) is 8.50. The van der Waals surface area contributed by atoms with Gasteiger partial charge in [0.2, 0.25) is 5.91 Å². The fourth-order valence-corrected chi connectivity index (χ4v) is 2.72. The highest BCUT2D eigenvalue weighted by atomic mass is 35.5. The summed E-state index contributed by atoms with van der Waals surface area (Å²) in [5.74, 6) is 0.404. The van der Waals surface area contributed by atoms with Gasteiger partial charge >= 0.3 is 0 Å². The second-order valence-corrected chi connectivity index (χ2v) is 6.65. The molecule has 0 fully saturated rings. The van der Waals surface area contributed by atoms with Crippen LogP contribution in [0.2, 0.25) is 10.0 Å². The van der Waals surface area contributed by atoms with Gasteiger partial charge in [0.15, 0.2) is 0 Å². The molecule has 4 nitrogen and oxygen atoms in total. The fraction of sp³-hybridized carbons (Fsp3) is 0.300. The minimum Gasteiger partial charge on any atom is -0.492 e. The molecule has 0 aliphatic heterocycles. The molecule has 2 aromatic carbocycles. The lowest BCUT2D eigenvalue weighted by Gasteiger charge is -2.08. The number of nitrogens with one attached hydrogen (secondary N) is 1. The van der Waals surface area contributed by atoms with E-state index in [0.29, 0.717) is 35.2 Å². The monoisotopic (exact) mass is 392 g/mol. The smallest absolute Gasteiger partial charge is 0.240 e. The van der Waals surface area contributed by atoms with Crippen LogP contribution < -0.4 is 10.2 Å². The summed E-state index contributed by atoms with van der Waals surface area (Å²) in [7, 11) is 0. The van der Waals surface area contributed by atoms with E-state index in [1.165, 1.54) is 5.56 Å². The Morgan fingerprint density at radius 2 is 1.88 bits per heavy atom. The van der Waals surface area contributed by atoms with Gasteiger partial charge in [0, 0.05) is 11.4 Å². The van der Waals surface area contributed by atoms with Crippen molar-refractivity contribution in [3.63, 3.8) is 0 Å². The van der Waals surface area contributed by atoms with Crippen LogP contribution in [0.25, 0.3) is 0 Å². The first-order chi connectivity index (χ1) is 12.5. The normalized spacial score (nSPS) is 11.3. The van der Waals surface area contributed by atoms with Crippen LogP contribution in [-0.2, 0) is 11.2 Å². The van der Waals surface area contributed by atoms with E-state index in [2.05, 4.69) is 29.6 Å². The number of nitrogens with zero attached hydrogens (tertiary/aromatic N) is 1. The Morgan fingerprint density at radius 3 is 2.54 bits per heavy atom. The van der Waals surface area contributed by atoms with E-state index >= 15 is 0 Å². The number of halogens is 2. The minimum atomic E-state index is -0.152. The molecule has 138 valence electrons. The second kappa shape index (κ2) is 10.2. The summed E-state index contributed by atoms with van der Waals surface area (Å²) in [6, 6.07) is 13.2. The Labute approximate surface area is 164 Å². The van der Waals surface area contributed by atoms with Gasteiger partial charge in [0.05, 0.1) is 17.3 Å². The summed E-state index contributed by atoms with van der Waals surface area (Å²) in [5, 5.41) is 5.16. The summed E-state index contributed by atoms with van der Waals surface area (Å²) in [6.07, 6.45) is 1.87. The van der Waals surface area contributed by atoms with Crippen LogP contribution >= 0.6 is 23.2 Å². The highest BCUT2D eigenvalue weighted by molar-refractivity contribution is 6.35. The predicted molar refractivity (Wildman–Crippen MR) is 107 cm³/mol. The quantitative estimate of drug-likeness (QED) is 0.378. The van der Waals surface area contributed by atoms with Crippen molar-refractivity contribution in [3.8, 4) is 5.75 Å². The SMILES string of the molecule is CCc1ccc(/C(C)=N/NC(=O)CCCOc2ccc(Cl)cc2Cl)cc1. The van der Waals surface area contributed by atoms with Gasteiger partial charge in [-0.25, -0.2) is 5.43 Å². The lowest BCUT2D eigenvalue weighted by Crippen LogP contribution is -2.19. The van der Waals surface area contributed by atoms with Gasteiger partial charge < -0.3 is 4.74 Å². The molecule has 6 heteroatoms. The molecule has 0 heterocycles. The van der Waals surface area contributed by atoms with E-state index in [0.717, 1.165) is 17.7 Å². The van der Waals surface area contributed by atoms with Crippen molar-refractivity contribution in [2.24, 2.45) is 5.10 Å². The van der Waals surface area contributed by atoms with Gasteiger partial charge in [0.1, 0.15) is 5.75 Å². The Morgan fingerprint density at radius 1 is 1.15 bits per heavy atom. The van der Waals surface area contributed by atoms with E-state index in [9.17, 15) is 4.79 Å². The molecule has 0 radical (unpaired) electrons. The molecular weight excluding hydrogens is 371 g/mol. The largest absolute Gasteiger partial charge is 0.492 e. The van der Waals surface area contributed by atoms with E-state index < -0.39 is 0 Å². The summed E-state index contributed by atoms with van der Waals surface area (Å²) in [5.41, 5.74) is 5.60. The first-order valence-corrected chi connectivity index (χ1v) is 9.25. The molecule has 0 aromatic heterocycles. The zero-order valence-electron chi connectivity index (χ0n) is 14.9. The first kappa shape index (κ1) is 20.3. The molecular formula is C20H22Cl2N2O2. The maximum Gasteiger partial charge on any atom is 0.240 e. The third-order valence-electron chi connectivity index (χ3n) is 3.83. The zero-order chi connectivity index (χ0) is 18.9. The number of hydrogen-bond acceptors (Lipinski definition) is 3. The Kier molecular flexibility index (Phi) is 7.95. The van der Waals surface area contributed by atoms with Crippen LogP contribution in [-0.4, -0.2) is 18.2 Å². The summed E-state index contributed by atoms with van der Waals surface area (Å²) in [6.45, 7) is 4.36. The average Bonchev–Trinajstić information content (AvgIpc) is 2.64. The number of benzene rings is 2. The topological polar surface area (TPSA) is 50.7 Å². The van der Waals surface area contributed by atoms with Crippen LogP contribution in [0, 0.1) is 0 Å². The molecule has 0 aliphatic carbocycles. The molecule has 0 saturated heterocycles. The van der Waals surface area contributed by atoms with Crippen LogP contribution in [0.3, 0.4) is 0 Å². The Hall–Kier alpha value is -2.04. The molecule has 0 atom stereocenters. The standard InChI is InChI=1S/C20H22Cl2N2O2/c1-3-15-6-8-16(9-7-15)14(2)23-24-20(25)5-4-12-26-19-11-10-17(21)13-18(19)22/h6-11,13H,3-5,12H2,1-2H3,(H,24,25)/b23-14+. The number of hydrazone groups is 1. The maximum atomic E-state index is 11.9. The number of rotatable bonds is 8. The Balaban J connectivity index is 1.74. The van der Waals surface area contributed by atoms with Crippen molar-refractivity contribution < 1.29 is 9.53 Å². The van der Waals surface area contributed by atoms with Gasteiger partial charge in [0.25, 0.3) is 0 Å². The van der Waals surface area contributed by atoms with Gasteiger partial charge in [-0.05, 0) is 49.1 Å². The average molecular weight is 393 g/mol. The summed E-state index contributed by atoms with van der Waals surface area (Å²) >= 11 is 11.9. The molecule has 0 bridgehead atoms. The molecule has 0 aliphatic rings. The van der Waals surface area contributed by atoms with Crippen LogP contribution in [0.15, 0.2) is 47.6 Å².